The highest BCUT2D eigenvalue weighted by molar-refractivity contribution is 6.23. The van der Waals surface area contributed by atoms with Crippen LogP contribution in [0.5, 0.6) is 5.75 Å². The number of aliphatic imine (C=N–C) groups is 1. The van der Waals surface area contributed by atoms with E-state index in [0.29, 0.717) is 24.1 Å². The molecule has 2 bridgehead atoms. The number of benzene rings is 1. The van der Waals surface area contributed by atoms with Crippen LogP contribution in [0.4, 0.5) is 10.5 Å². The molecule has 0 unspecified atom stereocenters. The Morgan fingerprint density at radius 2 is 1.96 bits per heavy atom. The Labute approximate surface area is 157 Å². The topological polar surface area (TPSA) is 88.1 Å². The molecule has 0 radical (unpaired) electrons. The molecule has 1 saturated heterocycles. The maximum Gasteiger partial charge on any atom is 0.331 e. The molecule has 3 fully saturated rings. The fourth-order valence-electron chi connectivity index (χ4n) is 4.53. The summed E-state index contributed by atoms with van der Waals surface area (Å²) in [4.78, 5) is 43.0. The van der Waals surface area contributed by atoms with Gasteiger partial charge in [-0.1, -0.05) is 6.42 Å². The van der Waals surface area contributed by atoms with Gasteiger partial charge in [-0.3, -0.25) is 24.8 Å². The zero-order valence-electron chi connectivity index (χ0n) is 15.3. The number of nitrogens with one attached hydrogen (secondary N) is 1. The van der Waals surface area contributed by atoms with E-state index in [1.165, 1.54) is 17.5 Å². The van der Waals surface area contributed by atoms with E-state index >= 15 is 0 Å². The van der Waals surface area contributed by atoms with Crippen LogP contribution in [0, 0.1) is 17.8 Å². The van der Waals surface area contributed by atoms with Crippen molar-refractivity contribution in [3.05, 3.63) is 24.3 Å². The summed E-state index contributed by atoms with van der Waals surface area (Å²) in [6.45, 7) is 2.48. The van der Waals surface area contributed by atoms with Crippen LogP contribution in [-0.4, -0.2) is 41.6 Å². The van der Waals surface area contributed by atoms with Crippen LogP contribution in [0.3, 0.4) is 0 Å². The maximum absolute atomic E-state index is 12.9. The molecule has 1 aliphatic heterocycles. The number of hydrogen-bond acceptors (Lipinski definition) is 5. The van der Waals surface area contributed by atoms with Crippen molar-refractivity contribution in [3.8, 4) is 5.75 Å². The van der Waals surface area contributed by atoms with Crippen LogP contribution in [0.25, 0.3) is 0 Å². The van der Waals surface area contributed by atoms with Crippen LogP contribution in [0.1, 0.15) is 32.6 Å². The monoisotopic (exact) mass is 369 g/mol. The van der Waals surface area contributed by atoms with Gasteiger partial charge in [0.2, 0.25) is 11.8 Å². The van der Waals surface area contributed by atoms with E-state index in [9.17, 15) is 14.4 Å². The number of carbonyl (C=O) groups is 3. The number of rotatable bonds is 5. The molecule has 3 aliphatic rings. The normalized spacial score (nSPS) is 30.3. The molecule has 1 heterocycles. The molecule has 142 valence electrons. The first-order valence-corrected chi connectivity index (χ1v) is 9.51. The van der Waals surface area contributed by atoms with Crippen LogP contribution in [0.15, 0.2) is 29.3 Å². The molecule has 2 saturated carbocycles. The van der Waals surface area contributed by atoms with E-state index in [0.717, 1.165) is 25.0 Å². The lowest BCUT2D eigenvalue weighted by atomic mass is 9.92. The van der Waals surface area contributed by atoms with E-state index in [4.69, 9.17) is 4.74 Å². The number of barbiturate groups is 1. The van der Waals surface area contributed by atoms with Crippen molar-refractivity contribution in [2.24, 2.45) is 22.7 Å². The van der Waals surface area contributed by atoms with Gasteiger partial charge in [0.25, 0.3) is 0 Å². The molecule has 7 heteroatoms. The van der Waals surface area contributed by atoms with Gasteiger partial charge in [0.1, 0.15) is 5.75 Å². The molecule has 7 nitrogen and oxygen atoms in total. The fourth-order valence-corrected chi connectivity index (χ4v) is 4.53. The minimum absolute atomic E-state index is 0.0919. The van der Waals surface area contributed by atoms with E-state index in [1.54, 1.807) is 24.3 Å². The Morgan fingerprint density at radius 1 is 1.19 bits per heavy atom. The number of fused-ring (bicyclic) bond motifs is 2. The average molecular weight is 369 g/mol. The summed E-state index contributed by atoms with van der Waals surface area (Å²) >= 11 is 0. The van der Waals surface area contributed by atoms with Crippen molar-refractivity contribution in [3.63, 3.8) is 0 Å². The Kier molecular flexibility index (Phi) is 4.68. The number of urea groups is 1. The summed E-state index contributed by atoms with van der Waals surface area (Å²) < 4.78 is 5.38. The first kappa shape index (κ1) is 17.7. The lowest BCUT2D eigenvalue weighted by molar-refractivity contribution is -0.141. The van der Waals surface area contributed by atoms with Crippen LogP contribution in [-0.2, 0) is 9.59 Å². The quantitative estimate of drug-likeness (QED) is 0.638. The first-order chi connectivity index (χ1) is 13.1. The smallest absolute Gasteiger partial charge is 0.331 e. The lowest BCUT2D eigenvalue weighted by Crippen LogP contribution is -2.62. The van der Waals surface area contributed by atoms with Crippen molar-refractivity contribution in [1.29, 1.82) is 0 Å². The predicted molar refractivity (Wildman–Crippen MR) is 98.9 cm³/mol. The van der Waals surface area contributed by atoms with Crippen LogP contribution >= 0.6 is 0 Å². The van der Waals surface area contributed by atoms with Gasteiger partial charge >= 0.3 is 6.03 Å². The van der Waals surface area contributed by atoms with Gasteiger partial charge in [-0.25, -0.2) is 4.79 Å². The highest BCUT2D eigenvalue weighted by atomic mass is 16.5. The molecule has 1 N–H and O–H groups in total. The summed E-state index contributed by atoms with van der Waals surface area (Å²) in [6.07, 6.45) is 5.47. The molecular weight excluding hydrogens is 346 g/mol. The van der Waals surface area contributed by atoms with Crippen LogP contribution < -0.4 is 10.1 Å². The molecule has 1 aromatic rings. The van der Waals surface area contributed by atoms with Crippen LogP contribution in [0.2, 0.25) is 0 Å². The number of imide groups is 2. The zero-order valence-corrected chi connectivity index (χ0v) is 15.3. The molecule has 2 aliphatic carbocycles. The van der Waals surface area contributed by atoms with E-state index in [2.05, 4.69) is 10.3 Å². The summed E-state index contributed by atoms with van der Waals surface area (Å²) in [5, 5.41) is 2.32. The SMILES string of the molecule is CCOc1ccc(N=C[C@H]2C(=O)NC(=O)N([C@@H]3C[C@H]4CC[C@H]3C4)C2=O)cc1. The van der Waals surface area contributed by atoms with Gasteiger partial charge in [0.15, 0.2) is 5.92 Å². The maximum atomic E-state index is 12.9. The number of hydrogen-bond donors (Lipinski definition) is 1. The molecule has 4 atom stereocenters. The van der Waals surface area contributed by atoms with Crippen molar-refractivity contribution in [2.45, 2.75) is 38.6 Å². The third kappa shape index (κ3) is 3.34. The highest BCUT2D eigenvalue weighted by Crippen LogP contribution is 2.47. The Hall–Kier alpha value is -2.70. The molecule has 0 spiro atoms. The van der Waals surface area contributed by atoms with E-state index < -0.39 is 23.8 Å². The van der Waals surface area contributed by atoms with Crippen molar-refractivity contribution < 1.29 is 19.1 Å². The highest BCUT2D eigenvalue weighted by Gasteiger charge is 2.50. The number of nitrogens with zero attached hydrogens (tertiary/aromatic N) is 2. The second kappa shape index (κ2) is 7.13. The van der Waals surface area contributed by atoms with Gasteiger partial charge in [0.05, 0.1) is 12.3 Å². The number of amides is 4. The van der Waals surface area contributed by atoms with E-state index in [1.807, 2.05) is 6.92 Å². The average Bonchev–Trinajstić information content (AvgIpc) is 3.26. The second-order valence-corrected chi connectivity index (χ2v) is 7.43. The number of ether oxygens (including phenoxy) is 1. The Balaban J connectivity index is 1.50. The third-order valence-electron chi connectivity index (χ3n) is 5.79. The minimum Gasteiger partial charge on any atom is -0.494 e. The summed E-state index contributed by atoms with van der Waals surface area (Å²) in [7, 11) is 0. The molecule has 4 rings (SSSR count). The van der Waals surface area contributed by atoms with Gasteiger partial charge in [0, 0.05) is 12.3 Å². The minimum atomic E-state index is -1.08. The van der Waals surface area contributed by atoms with Gasteiger partial charge in [-0.15, -0.1) is 0 Å². The fraction of sp³-hybridized carbons (Fsp3) is 0.500. The zero-order chi connectivity index (χ0) is 19.0. The van der Waals surface area contributed by atoms with E-state index in [-0.39, 0.29) is 6.04 Å². The lowest BCUT2D eigenvalue weighted by Gasteiger charge is -2.36. The Morgan fingerprint density at radius 3 is 2.59 bits per heavy atom. The first-order valence-electron chi connectivity index (χ1n) is 9.51. The molecular formula is C20H23N3O4. The van der Waals surface area contributed by atoms with Gasteiger partial charge in [-0.2, -0.15) is 0 Å². The number of carbonyl (C=O) groups excluding carboxylic acids is 3. The van der Waals surface area contributed by atoms with Gasteiger partial charge < -0.3 is 4.74 Å². The third-order valence-corrected chi connectivity index (χ3v) is 5.79. The van der Waals surface area contributed by atoms with Crippen molar-refractivity contribution in [2.75, 3.05) is 6.61 Å². The molecule has 27 heavy (non-hydrogen) atoms. The summed E-state index contributed by atoms with van der Waals surface area (Å²) in [6, 6.07) is 6.39. The molecule has 0 aromatic heterocycles. The molecule has 4 amide bonds. The predicted octanol–water partition coefficient (Wildman–Crippen LogP) is 2.67. The van der Waals surface area contributed by atoms with Crippen molar-refractivity contribution >= 4 is 29.7 Å². The summed E-state index contributed by atoms with van der Waals surface area (Å²) in [5.41, 5.74) is 0.613. The second-order valence-electron chi connectivity index (χ2n) is 7.43. The largest absolute Gasteiger partial charge is 0.494 e. The standard InChI is InChI=1S/C20H23N3O4/c1-2-27-15-7-5-14(6-8-15)21-11-16-18(24)22-20(26)23(19(16)25)17-10-12-3-4-13(17)9-12/h5-8,11-13,16-17H,2-4,9-10H2,1H3,(H,22,24,26)/t12-,13-,16-,17+/m0/s1. The molecule has 1 aromatic carbocycles. The Bertz CT molecular complexity index is 789. The summed E-state index contributed by atoms with van der Waals surface area (Å²) in [5.74, 6) is -0.463. The van der Waals surface area contributed by atoms with Crippen molar-refractivity contribution in [1.82, 2.24) is 10.2 Å². The van der Waals surface area contributed by atoms with Gasteiger partial charge in [-0.05, 0) is 62.3 Å².